The van der Waals surface area contributed by atoms with E-state index in [1.807, 2.05) is 33.2 Å². The lowest BCUT2D eigenvalue weighted by molar-refractivity contribution is -0.130. The summed E-state index contributed by atoms with van der Waals surface area (Å²) < 4.78 is 1.84. The molecule has 140 valence electrons. The van der Waals surface area contributed by atoms with Gasteiger partial charge in [0.2, 0.25) is 5.91 Å². The standard InChI is InChI=1S/C21H24N4OS/c1-17-3-8-20(27-17)16-23-12-9-21(26)24(14-13-23)15-18-4-6-19(7-5-18)25-11-2-10-22-25/h2-8,10-11H,9,12-16H2,1H3. The zero-order valence-electron chi connectivity index (χ0n) is 15.5. The first-order valence-corrected chi connectivity index (χ1v) is 10.1. The molecule has 0 spiro atoms. The largest absolute Gasteiger partial charge is 0.337 e. The van der Waals surface area contributed by atoms with Crippen molar-refractivity contribution in [1.82, 2.24) is 19.6 Å². The average molecular weight is 381 g/mol. The van der Waals surface area contributed by atoms with Crippen LogP contribution >= 0.6 is 11.3 Å². The molecule has 3 aromatic rings. The third-order valence-electron chi connectivity index (χ3n) is 4.93. The number of hydrogen-bond donors (Lipinski definition) is 0. The minimum atomic E-state index is 0.246. The summed E-state index contributed by atoms with van der Waals surface area (Å²) >= 11 is 1.85. The normalized spacial score (nSPS) is 15.9. The fourth-order valence-electron chi connectivity index (χ4n) is 3.42. The Bertz CT molecular complexity index is 885. The van der Waals surface area contributed by atoms with Crippen molar-refractivity contribution in [3.05, 3.63) is 70.2 Å². The van der Waals surface area contributed by atoms with Crippen LogP contribution in [-0.2, 0) is 17.9 Å². The van der Waals surface area contributed by atoms with Crippen molar-refractivity contribution in [3.8, 4) is 5.69 Å². The number of carbonyl (C=O) groups is 1. The molecule has 0 N–H and O–H groups in total. The molecule has 0 radical (unpaired) electrons. The maximum Gasteiger partial charge on any atom is 0.224 e. The summed E-state index contributed by atoms with van der Waals surface area (Å²) in [5.74, 6) is 0.246. The first-order valence-electron chi connectivity index (χ1n) is 9.32. The quantitative estimate of drug-likeness (QED) is 0.681. The van der Waals surface area contributed by atoms with E-state index in [1.54, 1.807) is 6.20 Å². The topological polar surface area (TPSA) is 41.4 Å². The molecule has 2 aromatic heterocycles. The Morgan fingerprint density at radius 3 is 2.59 bits per heavy atom. The van der Waals surface area contributed by atoms with Gasteiger partial charge in [0.15, 0.2) is 0 Å². The lowest BCUT2D eigenvalue weighted by atomic mass is 10.2. The van der Waals surface area contributed by atoms with E-state index >= 15 is 0 Å². The first kappa shape index (κ1) is 17.9. The van der Waals surface area contributed by atoms with Gasteiger partial charge < -0.3 is 4.90 Å². The lowest BCUT2D eigenvalue weighted by Crippen LogP contribution is -2.32. The summed E-state index contributed by atoms with van der Waals surface area (Å²) in [7, 11) is 0. The minimum absolute atomic E-state index is 0.246. The fraction of sp³-hybridized carbons (Fsp3) is 0.333. The second-order valence-electron chi connectivity index (χ2n) is 6.97. The van der Waals surface area contributed by atoms with Crippen LogP contribution < -0.4 is 0 Å². The molecule has 4 rings (SSSR count). The molecule has 3 heterocycles. The second kappa shape index (κ2) is 8.06. The highest BCUT2D eigenvalue weighted by atomic mass is 32.1. The van der Waals surface area contributed by atoms with Crippen LogP contribution in [0.15, 0.2) is 54.9 Å². The van der Waals surface area contributed by atoms with Crippen molar-refractivity contribution in [1.29, 1.82) is 0 Å². The van der Waals surface area contributed by atoms with Crippen molar-refractivity contribution in [2.45, 2.75) is 26.4 Å². The molecule has 1 amide bonds. The maximum atomic E-state index is 12.6. The molecule has 0 atom stereocenters. The predicted octanol–water partition coefficient (Wildman–Crippen LogP) is 3.48. The Hall–Kier alpha value is -2.44. The molecular formula is C21H24N4OS. The fourth-order valence-corrected chi connectivity index (χ4v) is 4.36. The Balaban J connectivity index is 1.36. The zero-order chi connectivity index (χ0) is 18.6. The summed E-state index contributed by atoms with van der Waals surface area (Å²) in [6, 6.07) is 14.6. The van der Waals surface area contributed by atoms with Gasteiger partial charge in [0.1, 0.15) is 0 Å². The van der Waals surface area contributed by atoms with Gasteiger partial charge in [-0.1, -0.05) is 12.1 Å². The van der Waals surface area contributed by atoms with Gasteiger partial charge in [0, 0.05) is 61.3 Å². The van der Waals surface area contributed by atoms with Crippen LogP contribution in [0.25, 0.3) is 5.69 Å². The number of carbonyl (C=O) groups excluding carboxylic acids is 1. The Morgan fingerprint density at radius 1 is 1.04 bits per heavy atom. The van der Waals surface area contributed by atoms with E-state index in [4.69, 9.17) is 0 Å². The molecular weight excluding hydrogens is 356 g/mol. The number of benzene rings is 1. The molecule has 6 heteroatoms. The van der Waals surface area contributed by atoms with Gasteiger partial charge in [0.05, 0.1) is 5.69 Å². The minimum Gasteiger partial charge on any atom is -0.337 e. The van der Waals surface area contributed by atoms with Gasteiger partial charge in [-0.15, -0.1) is 11.3 Å². The second-order valence-corrected chi connectivity index (χ2v) is 8.34. The monoisotopic (exact) mass is 380 g/mol. The van der Waals surface area contributed by atoms with Gasteiger partial charge in [-0.2, -0.15) is 5.10 Å². The predicted molar refractivity (Wildman–Crippen MR) is 108 cm³/mol. The van der Waals surface area contributed by atoms with Crippen LogP contribution in [0.5, 0.6) is 0 Å². The van der Waals surface area contributed by atoms with Gasteiger partial charge in [-0.05, 0) is 42.8 Å². The van der Waals surface area contributed by atoms with Crippen molar-refractivity contribution in [2.75, 3.05) is 19.6 Å². The van der Waals surface area contributed by atoms with E-state index in [0.717, 1.165) is 37.4 Å². The number of hydrogen-bond acceptors (Lipinski definition) is 4. The molecule has 1 saturated heterocycles. The molecule has 1 aliphatic rings. The highest BCUT2D eigenvalue weighted by Gasteiger charge is 2.21. The van der Waals surface area contributed by atoms with Crippen molar-refractivity contribution in [3.63, 3.8) is 0 Å². The van der Waals surface area contributed by atoms with E-state index in [0.29, 0.717) is 13.0 Å². The Morgan fingerprint density at radius 2 is 1.89 bits per heavy atom. The first-order chi connectivity index (χ1) is 13.2. The van der Waals surface area contributed by atoms with Crippen LogP contribution in [0, 0.1) is 6.92 Å². The molecule has 0 bridgehead atoms. The summed E-state index contributed by atoms with van der Waals surface area (Å²) in [6.45, 7) is 6.30. The Kier molecular flexibility index (Phi) is 5.36. The van der Waals surface area contributed by atoms with Crippen molar-refractivity contribution >= 4 is 17.2 Å². The Labute approximate surface area is 163 Å². The molecule has 1 fully saturated rings. The number of aryl methyl sites for hydroxylation is 1. The summed E-state index contributed by atoms with van der Waals surface area (Å²) in [6.07, 6.45) is 4.29. The number of rotatable bonds is 5. The highest BCUT2D eigenvalue weighted by Crippen LogP contribution is 2.19. The van der Waals surface area contributed by atoms with Crippen molar-refractivity contribution < 1.29 is 4.79 Å². The molecule has 1 aliphatic heterocycles. The van der Waals surface area contributed by atoms with E-state index in [1.165, 1.54) is 9.75 Å². The van der Waals surface area contributed by atoms with Gasteiger partial charge >= 0.3 is 0 Å². The summed E-state index contributed by atoms with van der Waals surface area (Å²) in [5.41, 5.74) is 2.19. The van der Waals surface area contributed by atoms with E-state index in [9.17, 15) is 4.79 Å². The zero-order valence-corrected chi connectivity index (χ0v) is 16.4. The van der Waals surface area contributed by atoms with Crippen LogP contribution in [0.4, 0.5) is 0 Å². The molecule has 0 unspecified atom stereocenters. The summed E-state index contributed by atoms with van der Waals surface area (Å²) in [5, 5.41) is 4.25. The van der Waals surface area contributed by atoms with Crippen LogP contribution in [-0.4, -0.2) is 45.1 Å². The lowest BCUT2D eigenvalue weighted by Gasteiger charge is -2.22. The van der Waals surface area contributed by atoms with Crippen LogP contribution in [0.3, 0.4) is 0 Å². The van der Waals surface area contributed by atoms with E-state index in [-0.39, 0.29) is 5.91 Å². The molecule has 0 aliphatic carbocycles. The van der Waals surface area contributed by atoms with Gasteiger partial charge in [0.25, 0.3) is 0 Å². The maximum absolute atomic E-state index is 12.6. The number of thiophene rings is 1. The SMILES string of the molecule is Cc1ccc(CN2CCC(=O)N(Cc3ccc(-n4cccn4)cc3)CC2)s1. The average Bonchev–Trinajstić information content (AvgIpc) is 3.31. The van der Waals surface area contributed by atoms with Crippen molar-refractivity contribution in [2.24, 2.45) is 0 Å². The number of amides is 1. The third-order valence-corrected chi connectivity index (χ3v) is 5.92. The van der Waals surface area contributed by atoms with E-state index < -0.39 is 0 Å². The van der Waals surface area contributed by atoms with E-state index in [2.05, 4.69) is 53.3 Å². The van der Waals surface area contributed by atoms with Crippen LogP contribution in [0.2, 0.25) is 0 Å². The number of aromatic nitrogens is 2. The third kappa shape index (κ3) is 4.46. The van der Waals surface area contributed by atoms with Gasteiger partial charge in [-0.3, -0.25) is 9.69 Å². The van der Waals surface area contributed by atoms with Crippen LogP contribution in [0.1, 0.15) is 21.7 Å². The molecule has 1 aromatic carbocycles. The molecule has 27 heavy (non-hydrogen) atoms. The summed E-state index contributed by atoms with van der Waals surface area (Å²) in [4.78, 5) is 19.7. The molecule has 0 saturated carbocycles. The smallest absolute Gasteiger partial charge is 0.224 e. The van der Waals surface area contributed by atoms with Gasteiger partial charge in [-0.25, -0.2) is 4.68 Å². The number of nitrogens with zero attached hydrogens (tertiary/aromatic N) is 4. The highest BCUT2D eigenvalue weighted by molar-refractivity contribution is 7.11. The molecule has 5 nitrogen and oxygen atoms in total.